The fourth-order valence-electron chi connectivity index (χ4n) is 2.02. The van der Waals surface area contributed by atoms with Crippen LogP contribution in [-0.2, 0) is 13.5 Å². The summed E-state index contributed by atoms with van der Waals surface area (Å²) >= 11 is 6.03. The molecule has 1 atom stereocenters. The molecule has 6 heteroatoms. The van der Waals surface area contributed by atoms with Crippen molar-refractivity contribution in [1.29, 1.82) is 0 Å². The van der Waals surface area contributed by atoms with E-state index in [1.54, 1.807) is 14.0 Å². The first-order valence-corrected chi connectivity index (χ1v) is 6.09. The largest absolute Gasteiger partial charge is 0.388 e. The first-order chi connectivity index (χ1) is 8.90. The number of hydrogen-bond donors (Lipinski definition) is 1. The molecule has 1 aromatic heterocycles. The van der Waals surface area contributed by atoms with E-state index < -0.39 is 17.7 Å². The SMILES string of the molecule is Cc1nn(C)c(Cl)c1C(O)Cc1ccc(F)cc1F. The zero-order valence-electron chi connectivity index (χ0n) is 10.5. The highest BCUT2D eigenvalue weighted by Gasteiger charge is 2.21. The fraction of sp³-hybridized carbons (Fsp3) is 0.308. The minimum Gasteiger partial charge on any atom is -0.388 e. The highest BCUT2D eigenvalue weighted by Crippen LogP contribution is 2.28. The Morgan fingerprint density at radius 3 is 2.63 bits per heavy atom. The van der Waals surface area contributed by atoms with Gasteiger partial charge in [0.15, 0.2) is 0 Å². The summed E-state index contributed by atoms with van der Waals surface area (Å²) in [6.07, 6.45) is -0.973. The van der Waals surface area contributed by atoms with E-state index in [1.165, 1.54) is 10.7 Å². The molecule has 0 bridgehead atoms. The Morgan fingerprint density at radius 1 is 1.42 bits per heavy atom. The van der Waals surface area contributed by atoms with E-state index >= 15 is 0 Å². The van der Waals surface area contributed by atoms with Gasteiger partial charge in [-0.1, -0.05) is 17.7 Å². The smallest absolute Gasteiger partial charge is 0.132 e. The van der Waals surface area contributed by atoms with Gasteiger partial charge in [0.2, 0.25) is 0 Å². The minimum absolute atomic E-state index is 0.0123. The number of rotatable bonds is 3. The number of benzene rings is 1. The van der Waals surface area contributed by atoms with E-state index in [1.807, 2.05) is 0 Å². The predicted octanol–water partition coefficient (Wildman–Crippen LogP) is 2.94. The van der Waals surface area contributed by atoms with Gasteiger partial charge in [0, 0.05) is 25.1 Å². The van der Waals surface area contributed by atoms with Gasteiger partial charge in [-0.2, -0.15) is 5.10 Å². The second-order valence-electron chi connectivity index (χ2n) is 4.37. The third-order valence-corrected chi connectivity index (χ3v) is 3.41. The highest BCUT2D eigenvalue weighted by atomic mass is 35.5. The number of aliphatic hydroxyl groups excluding tert-OH is 1. The Labute approximate surface area is 114 Å². The lowest BCUT2D eigenvalue weighted by Gasteiger charge is -2.11. The molecule has 3 nitrogen and oxygen atoms in total. The van der Waals surface area contributed by atoms with E-state index in [2.05, 4.69) is 5.10 Å². The van der Waals surface area contributed by atoms with E-state index in [9.17, 15) is 13.9 Å². The summed E-state index contributed by atoms with van der Waals surface area (Å²) in [4.78, 5) is 0. The van der Waals surface area contributed by atoms with Crippen molar-refractivity contribution in [3.8, 4) is 0 Å². The molecule has 1 unspecified atom stereocenters. The second kappa shape index (κ2) is 5.27. The highest BCUT2D eigenvalue weighted by molar-refractivity contribution is 6.30. The summed E-state index contributed by atoms with van der Waals surface area (Å²) in [5, 5.41) is 14.5. The minimum atomic E-state index is -0.985. The van der Waals surface area contributed by atoms with E-state index in [0.29, 0.717) is 16.4 Å². The van der Waals surface area contributed by atoms with E-state index in [4.69, 9.17) is 11.6 Å². The fourth-order valence-corrected chi connectivity index (χ4v) is 2.32. The molecule has 2 rings (SSSR count). The molecule has 0 spiro atoms. The molecule has 19 heavy (non-hydrogen) atoms. The second-order valence-corrected chi connectivity index (χ2v) is 4.73. The van der Waals surface area contributed by atoms with Crippen LogP contribution in [0.5, 0.6) is 0 Å². The number of aromatic nitrogens is 2. The van der Waals surface area contributed by atoms with Crippen LogP contribution in [0.25, 0.3) is 0 Å². The van der Waals surface area contributed by atoms with Crippen molar-refractivity contribution in [2.75, 3.05) is 0 Å². The molecule has 0 fully saturated rings. The molecule has 1 aromatic carbocycles. The normalized spacial score (nSPS) is 12.7. The van der Waals surface area contributed by atoms with Crippen molar-refractivity contribution in [2.24, 2.45) is 7.05 Å². The van der Waals surface area contributed by atoms with Crippen molar-refractivity contribution in [3.05, 3.63) is 51.8 Å². The van der Waals surface area contributed by atoms with Crippen LogP contribution in [0, 0.1) is 18.6 Å². The summed E-state index contributed by atoms with van der Waals surface area (Å²) in [7, 11) is 1.66. The van der Waals surface area contributed by atoms with Crippen molar-refractivity contribution >= 4 is 11.6 Å². The van der Waals surface area contributed by atoms with Crippen LogP contribution < -0.4 is 0 Å². The van der Waals surface area contributed by atoms with Gasteiger partial charge in [-0.25, -0.2) is 8.78 Å². The number of aryl methyl sites for hydroxylation is 2. The molecule has 2 aromatic rings. The predicted molar refractivity (Wildman–Crippen MR) is 68.0 cm³/mol. The quantitative estimate of drug-likeness (QED) is 0.942. The van der Waals surface area contributed by atoms with E-state index in [-0.39, 0.29) is 12.0 Å². The van der Waals surface area contributed by atoms with Crippen LogP contribution in [-0.4, -0.2) is 14.9 Å². The van der Waals surface area contributed by atoms with Gasteiger partial charge in [0.05, 0.1) is 11.8 Å². The molecule has 1 N–H and O–H groups in total. The lowest BCUT2D eigenvalue weighted by Crippen LogP contribution is -2.05. The Kier molecular flexibility index (Phi) is 3.87. The van der Waals surface area contributed by atoms with Crippen LogP contribution in [0.15, 0.2) is 18.2 Å². The zero-order valence-corrected chi connectivity index (χ0v) is 11.2. The van der Waals surface area contributed by atoms with Crippen LogP contribution in [0.2, 0.25) is 5.15 Å². The third-order valence-electron chi connectivity index (χ3n) is 2.96. The lowest BCUT2D eigenvalue weighted by molar-refractivity contribution is 0.176. The summed E-state index contributed by atoms with van der Waals surface area (Å²) in [6, 6.07) is 3.26. The van der Waals surface area contributed by atoms with Crippen LogP contribution in [0.1, 0.15) is 22.9 Å². The standard InChI is InChI=1S/C13H13ClF2N2O/c1-7-12(13(14)18(2)17-7)11(19)5-8-3-4-9(15)6-10(8)16/h3-4,6,11,19H,5H2,1-2H3. The van der Waals surface area contributed by atoms with Crippen LogP contribution in [0.4, 0.5) is 8.78 Å². The summed E-state index contributed by atoms with van der Waals surface area (Å²) in [6.45, 7) is 1.71. The summed E-state index contributed by atoms with van der Waals surface area (Å²) in [5.41, 5.74) is 1.28. The molecule has 0 aliphatic carbocycles. The van der Waals surface area contributed by atoms with Gasteiger partial charge in [-0.15, -0.1) is 0 Å². The average Bonchev–Trinajstić information content (AvgIpc) is 2.57. The Balaban J connectivity index is 2.28. The zero-order chi connectivity index (χ0) is 14.2. The van der Waals surface area contributed by atoms with Crippen LogP contribution >= 0.6 is 11.6 Å². The van der Waals surface area contributed by atoms with Gasteiger partial charge in [0.1, 0.15) is 16.8 Å². The third kappa shape index (κ3) is 2.77. The Hall–Kier alpha value is -1.46. The molecular formula is C13H13ClF2N2O. The average molecular weight is 287 g/mol. The van der Waals surface area contributed by atoms with Crippen molar-refractivity contribution in [1.82, 2.24) is 9.78 Å². The topological polar surface area (TPSA) is 38.0 Å². The Bertz CT molecular complexity index is 613. The molecule has 0 amide bonds. The first kappa shape index (κ1) is 14.0. The number of halogens is 3. The van der Waals surface area contributed by atoms with Crippen LogP contribution in [0.3, 0.4) is 0 Å². The monoisotopic (exact) mass is 286 g/mol. The molecule has 1 heterocycles. The van der Waals surface area contributed by atoms with Crippen molar-refractivity contribution < 1.29 is 13.9 Å². The summed E-state index contributed by atoms with van der Waals surface area (Å²) < 4.78 is 27.8. The molecule has 0 radical (unpaired) electrons. The van der Waals surface area contributed by atoms with E-state index in [0.717, 1.165) is 12.1 Å². The van der Waals surface area contributed by atoms with Gasteiger partial charge in [-0.05, 0) is 18.6 Å². The number of nitrogens with zero attached hydrogens (tertiary/aromatic N) is 2. The number of hydrogen-bond acceptors (Lipinski definition) is 2. The molecule has 102 valence electrons. The molecule has 0 aliphatic rings. The maximum absolute atomic E-state index is 13.5. The van der Waals surface area contributed by atoms with Gasteiger partial charge in [-0.3, -0.25) is 4.68 Å². The Morgan fingerprint density at radius 2 is 2.11 bits per heavy atom. The van der Waals surface area contributed by atoms with Gasteiger partial charge < -0.3 is 5.11 Å². The number of aliphatic hydroxyl groups is 1. The molecule has 0 saturated carbocycles. The van der Waals surface area contributed by atoms with Gasteiger partial charge >= 0.3 is 0 Å². The van der Waals surface area contributed by atoms with Crippen molar-refractivity contribution in [3.63, 3.8) is 0 Å². The van der Waals surface area contributed by atoms with Gasteiger partial charge in [0.25, 0.3) is 0 Å². The lowest BCUT2D eigenvalue weighted by atomic mass is 10.0. The molecular weight excluding hydrogens is 274 g/mol. The van der Waals surface area contributed by atoms with Crippen molar-refractivity contribution in [2.45, 2.75) is 19.4 Å². The maximum Gasteiger partial charge on any atom is 0.132 e. The first-order valence-electron chi connectivity index (χ1n) is 5.71. The molecule has 0 saturated heterocycles. The molecule has 0 aliphatic heterocycles. The summed E-state index contributed by atoms with van der Waals surface area (Å²) in [5.74, 6) is -1.33. The maximum atomic E-state index is 13.5.